The Morgan fingerprint density at radius 3 is 2.53 bits per heavy atom. The van der Waals surface area contributed by atoms with Gasteiger partial charge in [0.2, 0.25) is 0 Å². The van der Waals surface area contributed by atoms with Crippen LogP contribution in [0.4, 0.5) is 0 Å². The lowest BCUT2D eigenvalue weighted by atomic mass is 10.00. The number of hydrogen-bond donors (Lipinski definition) is 2. The van der Waals surface area contributed by atoms with E-state index in [0.717, 1.165) is 5.56 Å². The summed E-state index contributed by atoms with van der Waals surface area (Å²) in [5.74, 6) is 0.612. The van der Waals surface area contributed by atoms with Crippen molar-refractivity contribution in [3.05, 3.63) is 29.3 Å². The van der Waals surface area contributed by atoms with Crippen LogP contribution in [0.25, 0.3) is 0 Å². The second-order valence-corrected chi connectivity index (χ2v) is 3.67. The Kier molecular flexibility index (Phi) is 4.12. The van der Waals surface area contributed by atoms with E-state index in [9.17, 15) is 10.2 Å². The third-order valence-corrected chi connectivity index (χ3v) is 2.49. The first-order valence-corrected chi connectivity index (χ1v) is 5.10. The van der Waals surface area contributed by atoms with Crippen molar-refractivity contribution in [1.82, 2.24) is 0 Å². The number of methoxy groups -OCH3 is 1. The highest BCUT2D eigenvalue weighted by Gasteiger charge is 2.20. The number of benzene rings is 1. The fourth-order valence-electron chi connectivity index (χ4n) is 1.52. The molecule has 0 heterocycles. The second-order valence-electron chi connectivity index (χ2n) is 3.67. The number of hydrogen-bond acceptors (Lipinski definition) is 3. The monoisotopic (exact) mass is 210 g/mol. The summed E-state index contributed by atoms with van der Waals surface area (Å²) in [4.78, 5) is 0. The van der Waals surface area contributed by atoms with Gasteiger partial charge in [-0.2, -0.15) is 0 Å². The Hall–Kier alpha value is -1.06. The lowest BCUT2D eigenvalue weighted by Gasteiger charge is -2.19. The van der Waals surface area contributed by atoms with Crippen LogP contribution < -0.4 is 4.74 Å². The first kappa shape index (κ1) is 12.0. The maximum absolute atomic E-state index is 9.90. The zero-order valence-electron chi connectivity index (χ0n) is 9.40. The number of aliphatic hydroxyl groups is 2. The summed E-state index contributed by atoms with van der Waals surface area (Å²) in [7, 11) is 1.55. The lowest BCUT2D eigenvalue weighted by Crippen LogP contribution is -2.17. The molecule has 3 nitrogen and oxygen atoms in total. The molecule has 0 radical (unpaired) electrons. The molecule has 0 saturated carbocycles. The quantitative estimate of drug-likeness (QED) is 0.796. The summed E-state index contributed by atoms with van der Waals surface area (Å²) in [6.45, 7) is 3.77. The number of aryl methyl sites for hydroxylation is 1. The van der Waals surface area contributed by atoms with E-state index in [4.69, 9.17) is 4.74 Å². The molecule has 0 amide bonds. The summed E-state index contributed by atoms with van der Waals surface area (Å²) in [5.41, 5.74) is 1.68. The van der Waals surface area contributed by atoms with E-state index in [1.807, 2.05) is 26.0 Å². The Bertz CT molecular complexity index is 323. The molecule has 2 unspecified atom stereocenters. The topological polar surface area (TPSA) is 49.7 Å². The van der Waals surface area contributed by atoms with Gasteiger partial charge in [0.1, 0.15) is 11.9 Å². The second kappa shape index (κ2) is 5.14. The molecular formula is C12H18O3. The molecule has 1 aromatic carbocycles. The Morgan fingerprint density at radius 1 is 1.33 bits per heavy atom. The summed E-state index contributed by atoms with van der Waals surface area (Å²) in [6, 6.07) is 5.55. The number of aliphatic hydroxyl groups excluding tert-OH is 2. The first-order chi connectivity index (χ1) is 7.10. The van der Waals surface area contributed by atoms with Crippen LogP contribution in [0.15, 0.2) is 18.2 Å². The van der Waals surface area contributed by atoms with Crippen molar-refractivity contribution in [2.75, 3.05) is 7.11 Å². The van der Waals surface area contributed by atoms with Crippen molar-refractivity contribution >= 4 is 0 Å². The van der Waals surface area contributed by atoms with Gasteiger partial charge in [0, 0.05) is 5.56 Å². The van der Waals surface area contributed by atoms with E-state index in [2.05, 4.69) is 0 Å². The van der Waals surface area contributed by atoms with Crippen LogP contribution in [-0.4, -0.2) is 23.4 Å². The zero-order chi connectivity index (χ0) is 11.4. The molecule has 1 aromatic rings. The van der Waals surface area contributed by atoms with Gasteiger partial charge in [-0.3, -0.25) is 0 Å². The minimum absolute atomic E-state index is 0.512. The van der Waals surface area contributed by atoms with Crippen LogP contribution in [0.5, 0.6) is 5.75 Å². The average molecular weight is 210 g/mol. The van der Waals surface area contributed by atoms with Gasteiger partial charge in [-0.05, 0) is 25.5 Å². The molecule has 84 valence electrons. The van der Waals surface area contributed by atoms with Gasteiger partial charge in [0.05, 0.1) is 13.2 Å². The third kappa shape index (κ3) is 2.70. The fraction of sp³-hybridized carbons (Fsp3) is 0.500. The molecule has 0 spiro atoms. The normalized spacial score (nSPS) is 14.7. The SMILES string of the molecule is CCC(O)C(O)c1cc(C)ccc1OC. The Labute approximate surface area is 90.3 Å². The standard InChI is InChI=1S/C12H18O3/c1-4-10(13)12(14)9-7-8(2)5-6-11(9)15-3/h5-7,10,12-14H,4H2,1-3H3. The van der Waals surface area contributed by atoms with Gasteiger partial charge in [0.25, 0.3) is 0 Å². The average Bonchev–Trinajstić information content (AvgIpc) is 2.27. The summed E-state index contributed by atoms with van der Waals surface area (Å²) in [5, 5.41) is 19.5. The van der Waals surface area contributed by atoms with Crippen molar-refractivity contribution in [1.29, 1.82) is 0 Å². The summed E-state index contributed by atoms with van der Waals surface area (Å²) in [6.07, 6.45) is -1.12. The van der Waals surface area contributed by atoms with Gasteiger partial charge in [-0.15, -0.1) is 0 Å². The van der Waals surface area contributed by atoms with E-state index in [0.29, 0.717) is 17.7 Å². The minimum Gasteiger partial charge on any atom is -0.496 e. The summed E-state index contributed by atoms with van der Waals surface area (Å²) < 4.78 is 5.15. The molecule has 0 aliphatic rings. The van der Waals surface area contributed by atoms with Crippen molar-refractivity contribution in [2.45, 2.75) is 32.5 Å². The molecular weight excluding hydrogens is 192 g/mol. The first-order valence-electron chi connectivity index (χ1n) is 5.10. The largest absolute Gasteiger partial charge is 0.496 e. The molecule has 0 fully saturated rings. The highest BCUT2D eigenvalue weighted by Crippen LogP contribution is 2.29. The third-order valence-electron chi connectivity index (χ3n) is 2.49. The van der Waals surface area contributed by atoms with Gasteiger partial charge in [0.15, 0.2) is 0 Å². The smallest absolute Gasteiger partial charge is 0.124 e. The molecule has 2 N–H and O–H groups in total. The van der Waals surface area contributed by atoms with Gasteiger partial charge < -0.3 is 14.9 Å². The Morgan fingerprint density at radius 2 is 2.00 bits per heavy atom. The van der Waals surface area contributed by atoms with Crippen LogP contribution in [-0.2, 0) is 0 Å². The molecule has 15 heavy (non-hydrogen) atoms. The Balaban J connectivity index is 3.05. The molecule has 0 saturated heterocycles. The lowest BCUT2D eigenvalue weighted by molar-refractivity contribution is 0.0151. The van der Waals surface area contributed by atoms with Gasteiger partial charge in [-0.1, -0.05) is 18.6 Å². The maximum atomic E-state index is 9.90. The van der Waals surface area contributed by atoms with E-state index in [1.165, 1.54) is 0 Å². The maximum Gasteiger partial charge on any atom is 0.124 e. The highest BCUT2D eigenvalue weighted by atomic mass is 16.5. The fourth-order valence-corrected chi connectivity index (χ4v) is 1.52. The predicted molar refractivity (Wildman–Crippen MR) is 59.0 cm³/mol. The van der Waals surface area contributed by atoms with E-state index in [1.54, 1.807) is 13.2 Å². The van der Waals surface area contributed by atoms with Crippen LogP contribution >= 0.6 is 0 Å². The molecule has 0 aromatic heterocycles. The molecule has 3 heteroatoms. The van der Waals surface area contributed by atoms with Gasteiger partial charge >= 0.3 is 0 Å². The van der Waals surface area contributed by atoms with E-state index in [-0.39, 0.29) is 0 Å². The highest BCUT2D eigenvalue weighted by molar-refractivity contribution is 5.38. The van der Waals surface area contributed by atoms with Crippen molar-refractivity contribution in [2.24, 2.45) is 0 Å². The van der Waals surface area contributed by atoms with E-state index < -0.39 is 12.2 Å². The van der Waals surface area contributed by atoms with Crippen molar-refractivity contribution in [3.63, 3.8) is 0 Å². The molecule has 2 atom stereocenters. The van der Waals surface area contributed by atoms with Crippen LogP contribution in [0.1, 0.15) is 30.6 Å². The predicted octanol–water partition coefficient (Wildman–Crippen LogP) is 1.81. The van der Waals surface area contributed by atoms with Crippen molar-refractivity contribution < 1.29 is 14.9 Å². The summed E-state index contributed by atoms with van der Waals surface area (Å²) >= 11 is 0. The molecule has 0 aliphatic heterocycles. The molecule has 0 aliphatic carbocycles. The molecule has 0 bridgehead atoms. The molecule has 1 rings (SSSR count). The van der Waals surface area contributed by atoms with Crippen LogP contribution in [0, 0.1) is 6.92 Å². The minimum atomic E-state index is -0.884. The van der Waals surface area contributed by atoms with Gasteiger partial charge in [-0.25, -0.2) is 0 Å². The van der Waals surface area contributed by atoms with Crippen LogP contribution in [0.2, 0.25) is 0 Å². The number of rotatable bonds is 4. The van der Waals surface area contributed by atoms with E-state index >= 15 is 0 Å². The zero-order valence-corrected chi connectivity index (χ0v) is 9.40. The van der Waals surface area contributed by atoms with Crippen molar-refractivity contribution in [3.8, 4) is 5.75 Å². The number of ether oxygens (including phenoxy) is 1. The van der Waals surface area contributed by atoms with Crippen LogP contribution in [0.3, 0.4) is 0 Å².